The van der Waals surface area contributed by atoms with Gasteiger partial charge in [0, 0.05) is 30.4 Å². The minimum atomic E-state index is 0. The van der Waals surface area contributed by atoms with E-state index in [1.54, 1.807) is 22.7 Å². The van der Waals surface area contributed by atoms with Gasteiger partial charge >= 0.3 is 0 Å². The van der Waals surface area contributed by atoms with Crippen molar-refractivity contribution in [2.45, 2.75) is 26.8 Å². The highest BCUT2D eigenvalue weighted by atomic mass is 127. The van der Waals surface area contributed by atoms with Gasteiger partial charge in [-0.2, -0.15) is 0 Å². The van der Waals surface area contributed by atoms with E-state index in [4.69, 9.17) is 0 Å². The molecule has 0 aliphatic heterocycles. The topological polar surface area (TPSA) is 40.5 Å². The van der Waals surface area contributed by atoms with Crippen molar-refractivity contribution in [1.82, 2.24) is 15.2 Å². The standard InChI is InChI=1S/C15H22N4S2.HI/c1-11-12(2)21-14(18-11)10-17-15(16-3)19(4)8-7-13-6-5-9-20-13;/h5-6,9H,7-8,10H2,1-4H3,(H,16,17);1H. The van der Waals surface area contributed by atoms with Crippen molar-refractivity contribution in [2.24, 2.45) is 4.99 Å². The molecule has 0 aliphatic carbocycles. The zero-order chi connectivity index (χ0) is 15.2. The van der Waals surface area contributed by atoms with E-state index >= 15 is 0 Å². The molecule has 2 aromatic rings. The fraction of sp³-hybridized carbons (Fsp3) is 0.467. The summed E-state index contributed by atoms with van der Waals surface area (Å²) in [5.74, 6) is 0.914. The number of nitrogens with one attached hydrogen (secondary N) is 1. The van der Waals surface area contributed by atoms with E-state index in [-0.39, 0.29) is 24.0 Å². The van der Waals surface area contributed by atoms with Crippen molar-refractivity contribution in [3.05, 3.63) is 38.0 Å². The molecule has 4 nitrogen and oxygen atoms in total. The van der Waals surface area contributed by atoms with Crippen LogP contribution in [0.15, 0.2) is 22.5 Å². The summed E-state index contributed by atoms with van der Waals surface area (Å²) in [6.45, 7) is 5.85. The summed E-state index contributed by atoms with van der Waals surface area (Å²) >= 11 is 3.55. The molecule has 0 saturated carbocycles. The number of aliphatic imine (C=N–C) groups is 1. The summed E-state index contributed by atoms with van der Waals surface area (Å²) in [5, 5.41) is 6.61. The minimum absolute atomic E-state index is 0. The van der Waals surface area contributed by atoms with Crippen LogP contribution in [0.4, 0.5) is 0 Å². The Bertz CT molecular complexity index is 573. The van der Waals surface area contributed by atoms with Gasteiger partial charge < -0.3 is 10.2 Å². The van der Waals surface area contributed by atoms with Gasteiger partial charge in [0.1, 0.15) is 5.01 Å². The summed E-state index contributed by atoms with van der Waals surface area (Å²) < 4.78 is 0. The van der Waals surface area contributed by atoms with Gasteiger partial charge in [-0.05, 0) is 31.7 Å². The number of likely N-dealkylation sites (N-methyl/N-ethyl adjacent to an activating group) is 1. The van der Waals surface area contributed by atoms with E-state index in [9.17, 15) is 0 Å². The smallest absolute Gasteiger partial charge is 0.193 e. The van der Waals surface area contributed by atoms with Crippen LogP contribution >= 0.6 is 46.7 Å². The fourth-order valence-corrected chi connectivity index (χ4v) is 3.56. The van der Waals surface area contributed by atoms with Crippen molar-refractivity contribution < 1.29 is 0 Å². The van der Waals surface area contributed by atoms with Gasteiger partial charge in [-0.1, -0.05) is 6.07 Å². The first kappa shape index (κ1) is 19.4. The number of hydrogen-bond acceptors (Lipinski definition) is 4. The monoisotopic (exact) mass is 450 g/mol. The van der Waals surface area contributed by atoms with Crippen LogP contribution in [0.3, 0.4) is 0 Å². The summed E-state index contributed by atoms with van der Waals surface area (Å²) in [5.41, 5.74) is 1.12. The number of aryl methyl sites for hydroxylation is 2. The Hall–Kier alpha value is -0.670. The SMILES string of the molecule is CN=C(NCc1nc(C)c(C)s1)N(C)CCc1cccs1.I. The van der Waals surface area contributed by atoms with E-state index in [0.29, 0.717) is 0 Å². The van der Waals surface area contributed by atoms with Gasteiger partial charge in [-0.25, -0.2) is 4.98 Å². The molecule has 7 heteroatoms. The van der Waals surface area contributed by atoms with Crippen LogP contribution in [-0.2, 0) is 13.0 Å². The van der Waals surface area contributed by atoms with Gasteiger partial charge in [0.05, 0.1) is 12.2 Å². The predicted octanol–water partition coefficient (Wildman–Crippen LogP) is 3.69. The Morgan fingerprint density at radius 2 is 2.18 bits per heavy atom. The summed E-state index contributed by atoms with van der Waals surface area (Å²) in [6.07, 6.45) is 1.05. The Kier molecular flexibility index (Phi) is 8.34. The average Bonchev–Trinajstić information content (AvgIpc) is 3.08. The fourth-order valence-electron chi connectivity index (χ4n) is 1.99. The number of hydrogen-bond donors (Lipinski definition) is 1. The number of thiazole rings is 1. The number of aromatic nitrogens is 1. The highest BCUT2D eigenvalue weighted by Crippen LogP contribution is 2.16. The lowest BCUT2D eigenvalue weighted by molar-refractivity contribution is 0.486. The Labute approximate surface area is 157 Å². The zero-order valence-corrected chi connectivity index (χ0v) is 17.4. The van der Waals surface area contributed by atoms with Crippen LogP contribution in [0.5, 0.6) is 0 Å². The maximum Gasteiger partial charge on any atom is 0.193 e. The van der Waals surface area contributed by atoms with Crippen molar-refractivity contribution in [3.8, 4) is 0 Å². The third-order valence-electron chi connectivity index (χ3n) is 3.32. The molecule has 0 aliphatic rings. The minimum Gasteiger partial charge on any atom is -0.350 e. The van der Waals surface area contributed by atoms with Crippen LogP contribution in [0.25, 0.3) is 0 Å². The van der Waals surface area contributed by atoms with Crippen LogP contribution in [-0.4, -0.2) is 36.5 Å². The number of thiophene rings is 1. The van der Waals surface area contributed by atoms with E-state index < -0.39 is 0 Å². The molecule has 0 aromatic carbocycles. The van der Waals surface area contributed by atoms with Gasteiger partial charge in [0.25, 0.3) is 0 Å². The molecule has 122 valence electrons. The van der Waals surface area contributed by atoms with E-state index in [1.807, 2.05) is 7.05 Å². The molecule has 0 fully saturated rings. The predicted molar refractivity (Wildman–Crippen MR) is 108 cm³/mol. The van der Waals surface area contributed by atoms with Crippen LogP contribution in [0.2, 0.25) is 0 Å². The molecule has 2 heterocycles. The molecule has 0 radical (unpaired) electrons. The Morgan fingerprint density at radius 1 is 1.41 bits per heavy atom. The first-order chi connectivity index (χ1) is 10.1. The molecule has 2 aromatic heterocycles. The highest BCUT2D eigenvalue weighted by Gasteiger charge is 2.08. The maximum atomic E-state index is 4.55. The first-order valence-corrected chi connectivity index (χ1v) is 8.67. The lowest BCUT2D eigenvalue weighted by atomic mass is 10.3. The van der Waals surface area contributed by atoms with Gasteiger partial charge in [-0.15, -0.1) is 46.7 Å². The van der Waals surface area contributed by atoms with E-state index in [2.05, 4.69) is 58.6 Å². The van der Waals surface area contributed by atoms with Gasteiger partial charge in [-0.3, -0.25) is 4.99 Å². The number of halogens is 1. The van der Waals surface area contributed by atoms with Crippen molar-refractivity contribution >= 4 is 52.6 Å². The quantitative estimate of drug-likeness (QED) is 0.429. The normalized spacial score (nSPS) is 11.2. The zero-order valence-electron chi connectivity index (χ0n) is 13.4. The molecule has 1 N–H and O–H groups in total. The molecule has 0 spiro atoms. The van der Waals surface area contributed by atoms with Gasteiger partial charge in [0.15, 0.2) is 5.96 Å². The second-order valence-electron chi connectivity index (χ2n) is 4.90. The molecule has 22 heavy (non-hydrogen) atoms. The summed E-state index contributed by atoms with van der Waals surface area (Å²) in [4.78, 5) is 13.7. The summed E-state index contributed by atoms with van der Waals surface area (Å²) in [7, 11) is 3.89. The molecule has 2 rings (SSSR count). The van der Waals surface area contributed by atoms with Crippen molar-refractivity contribution in [1.29, 1.82) is 0 Å². The van der Waals surface area contributed by atoms with E-state index in [0.717, 1.165) is 36.2 Å². The molecule has 0 amide bonds. The van der Waals surface area contributed by atoms with Crippen LogP contribution in [0.1, 0.15) is 20.5 Å². The molecule has 0 atom stereocenters. The van der Waals surface area contributed by atoms with Crippen LogP contribution in [0, 0.1) is 13.8 Å². The molecule has 0 saturated heterocycles. The summed E-state index contributed by atoms with van der Waals surface area (Å²) in [6, 6.07) is 4.27. The van der Waals surface area contributed by atoms with Crippen molar-refractivity contribution in [3.63, 3.8) is 0 Å². The number of nitrogens with zero attached hydrogens (tertiary/aromatic N) is 3. The third-order valence-corrected chi connectivity index (χ3v) is 5.33. The second-order valence-corrected chi connectivity index (χ2v) is 7.22. The molecule has 0 bridgehead atoms. The average molecular weight is 450 g/mol. The largest absolute Gasteiger partial charge is 0.350 e. The number of rotatable bonds is 5. The Morgan fingerprint density at radius 3 is 2.73 bits per heavy atom. The van der Waals surface area contributed by atoms with E-state index in [1.165, 1.54) is 9.75 Å². The molecular weight excluding hydrogens is 427 g/mol. The lowest BCUT2D eigenvalue weighted by Gasteiger charge is -2.21. The second kappa shape index (κ2) is 9.46. The van der Waals surface area contributed by atoms with Gasteiger partial charge in [0.2, 0.25) is 0 Å². The third kappa shape index (κ3) is 5.51. The first-order valence-electron chi connectivity index (χ1n) is 6.97. The molecular formula is C15H23IN4S2. The highest BCUT2D eigenvalue weighted by molar-refractivity contribution is 14.0. The lowest BCUT2D eigenvalue weighted by Crippen LogP contribution is -2.39. The van der Waals surface area contributed by atoms with Crippen LogP contribution < -0.4 is 5.32 Å². The molecule has 0 unspecified atom stereocenters. The van der Waals surface area contributed by atoms with Crippen molar-refractivity contribution in [2.75, 3.05) is 20.6 Å². The number of guanidine groups is 1. The Balaban J connectivity index is 0.00000242. The maximum absolute atomic E-state index is 4.55.